The highest BCUT2D eigenvalue weighted by molar-refractivity contribution is 9.13. The van der Waals surface area contributed by atoms with E-state index in [2.05, 4.69) is 78.6 Å². The fourth-order valence-corrected chi connectivity index (χ4v) is 4.63. The van der Waals surface area contributed by atoms with E-state index < -0.39 is 0 Å². The fraction of sp³-hybridized carbons (Fsp3) is 0.188. The zero-order chi connectivity index (χ0) is 15.0. The molecule has 21 heavy (non-hydrogen) atoms. The minimum atomic E-state index is 0.184. The molecule has 5 heteroatoms. The molecule has 2 aromatic heterocycles. The first kappa shape index (κ1) is 15.2. The maximum atomic E-state index is 4.56. The van der Waals surface area contributed by atoms with E-state index in [9.17, 15) is 0 Å². The summed E-state index contributed by atoms with van der Waals surface area (Å²) >= 11 is 8.87. The largest absolute Gasteiger partial charge is 0.309 e. The average molecular weight is 426 g/mol. The van der Waals surface area contributed by atoms with Crippen molar-refractivity contribution in [3.63, 3.8) is 0 Å². The summed E-state index contributed by atoms with van der Waals surface area (Å²) in [5, 5.41) is 4.57. The van der Waals surface area contributed by atoms with Crippen LogP contribution in [0.4, 0.5) is 0 Å². The molecule has 3 aromatic rings. The summed E-state index contributed by atoms with van der Waals surface area (Å²) in [5.41, 5.74) is 3.34. The van der Waals surface area contributed by atoms with Gasteiger partial charge in [0.1, 0.15) is 0 Å². The van der Waals surface area contributed by atoms with Crippen LogP contribution in [0.25, 0.3) is 10.9 Å². The van der Waals surface area contributed by atoms with Gasteiger partial charge in [0.05, 0.1) is 15.3 Å². The maximum Gasteiger partial charge on any atom is 0.0843 e. The normalized spacial score (nSPS) is 12.8. The van der Waals surface area contributed by atoms with Crippen LogP contribution in [-0.2, 0) is 0 Å². The number of thiophene rings is 1. The molecule has 0 amide bonds. The Bertz CT molecular complexity index is 779. The number of rotatable bonds is 3. The molecule has 0 aliphatic rings. The summed E-state index contributed by atoms with van der Waals surface area (Å²) in [6.45, 7) is 2.02. The van der Waals surface area contributed by atoms with Gasteiger partial charge in [-0.2, -0.15) is 0 Å². The molecule has 0 radical (unpaired) electrons. The van der Waals surface area contributed by atoms with Crippen LogP contribution < -0.4 is 5.32 Å². The second-order valence-electron chi connectivity index (χ2n) is 4.90. The van der Waals surface area contributed by atoms with Gasteiger partial charge >= 0.3 is 0 Å². The van der Waals surface area contributed by atoms with Crippen LogP contribution in [-0.4, -0.2) is 12.0 Å². The van der Waals surface area contributed by atoms with Gasteiger partial charge in [-0.1, -0.05) is 12.1 Å². The number of pyridine rings is 1. The third kappa shape index (κ3) is 3.06. The van der Waals surface area contributed by atoms with Gasteiger partial charge in [0, 0.05) is 20.4 Å². The molecule has 1 N–H and O–H groups in total. The molecule has 1 aromatic carbocycles. The predicted octanol–water partition coefficient (Wildman–Crippen LogP) is 5.44. The molecule has 0 aliphatic carbocycles. The van der Waals surface area contributed by atoms with Crippen molar-refractivity contribution in [2.24, 2.45) is 0 Å². The number of fused-ring (bicyclic) bond motifs is 1. The highest BCUT2D eigenvalue weighted by Gasteiger charge is 2.16. The van der Waals surface area contributed by atoms with Crippen LogP contribution in [0.1, 0.15) is 22.2 Å². The fourth-order valence-electron chi connectivity index (χ4n) is 2.40. The molecule has 0 aliphatic heterocycles. The molecule has 0 bridgehead atoms. The minimum absolute atomic E-state index is 0.184. The van der Waals surface area contributed by atoms with E-state index in [4.69, 9.17) is 0 Å². The summed E-state index contributed by atoms with van der Waals surface area (Å²) in [6, 6.07) is 13.0. The third-order valence-electron chi connectivity index (χ3n) is 3.42. The van der Waals surface area contributed by atoms with Crippen LogP contribution in [0, 0.1) is 6.92 Å². The quantitative estimate of drug-likeness (QED) is 0.604. The molecule has 0 saturated heterocycles. The van der Waals surface area contributed by atoms with Crippen LogP contribution in [0.3, 0.4) is 0 Å². The number of aryl methyl sites for hydroxylation is 1. The molecule has 0 fully saturated rings. The lowest BCUT2D eigenvalue weighted by Gasteiger charge is -2.15. The van der Waals surface area contributed by atoms with Crippen molar-refractivity contribution in [3.8, 4) is 0 Å². The second kappa shape index (κ2) is 6.16. The summed E-state index contributed by atoms with van der Waals surface area (Å²) < 4.78 is 2.22. The number of nitrogens with one attached hydrogen (secondary N) is 1. The first-order chi connectivity index (χ1) is 10.1. The number of nitrogens with zero attached hydrogens (tertiary/aromatic N) is 1. The van der Waals surface area contributed by atoms with Gasteiger partial charge in [0.25, 0.3) is 0 Å². The average Bonchev–Trinajstić information content (AvgIpc) is 2.79. The number of halogens is 2. The van der Waals surface area contributed by atoms with Gasteiger partial charge in [-0.3, -0.25) is 4.98 Å². The van der Waals surface area contributed by atoms with Gasteiger partial charge in [0.2, 0.25) is 0 Å². The number of hydrogen-bond acceptors (Lipinski definition) is 3. The van der Waals surface area contributed by atoms with E-state index in [1.54, 1.807) is 11.3 Å². The van der Waals surface area contributed by atoms with Crippen molar-refractivity contribution in [1.29, 1.82) is 0 Å². The first-order valence-electron chi connectivity index (χ1n) is 6.58. The molecule has 0 spiro atoms. The zero-order valence-electron chi connectivity index (χ0n) is 11.7. The lowest BCUT2D eigenvalue weighted by atomic mass is 10.0. The van der Waals surface area contributed by atoms with Gasteiger partial charge in [-0.25, -0.2) is 0 Å². The van der Waals surface area contributed by atoms with Crippen LogP contribution in [0.2, 0.25) is 0 Å². The monoisotopic (exact) mass is 424 g/mol. The highest BCUT2D eigenvalue weighted by Crippen LogP contribution is 2.37. The van der Waals surface area contributed by atoms with Gasteiger partial charge in [-0.15, -0.1) is 11.3 Å². The highest BCUT2D eigenvalue weighted by atomic mass is 79.9. The third-order valence-corrected chi connectivity index (χ3v) is 6.74. The molecule has 1 unspecified atom stereocenters. The molecule has 2 nitrogen and oxygen atoms in total. The number of benzene rings is 1. The minimum Gasteiger partial charge on any atom is -0.309 e. The Morgan fingerprint density at radius 1 is 1.14 bits per heavy atom. The molecule has 1 atom stereocenters. The van der Waals surface area contributed by atoms with E-state index in [1.165, 1.54) is 15.8 Å². The van der Waals surface area contributed by atoms with Crippen molar-refractivity contribution in [2.75, 3.05) is 7.05 Å². The molecule has 0 saturated carbocycles. The van der Waals surface area contributed by atoms with Crippen LogP contribution >= 0.6 is 43.2 Å². The van der Waals surface area contributed by atoms with Gasteiger partial charge in [-0.05, 0) is 75.7 Å². The Morgan fingerprint density at radius 2 is 1.95 bits per heavy atom. The summed E-state index contributed by atoms with van der Waals surface area (Å²) in [6.07, 6.45) is 0. The zero-order valence-corrected chi connectivity index (χ0v) is 15.6. The SMILES string of the molecule is CNC(c1ccc2nc(C)ccc2c1)c1cc(Br)c(Br)s1. The van der Waals surface area contributed by atoms with E-state index in [-0.39, 0.29) is 6.04 Å². The van der Waals surface area contributed by atoms with Crippen molar-refractivity contribution >= 4 is 54.1 Å². The molecule has 3 rings (SSSR count). The standard InChI is InChI=1S/C16H14Br2N2S/c1-9-3-4-10-7-11(5-6-13(10)20-9)15(19-2)14-8-12(17)16(18)21-14/h3-8,15,19H,1-2H3. The Hall–Kier alpha value is -0.750. The van der Waals surface area contributed by atoms with Gasteiger partial charge < -0.3 is 5.32 Å². The molecular formula is C16H14Br2N2S. The summed E-state index contributed by atoms with van der Waals surface area (Å²) in [7, 11) is 1.99. The summed E-state index contributed by atoms with van der Waals surface area (Å²) in [5.74, 6) is 0. The molecule has 2 heterocycles. The lowest BCUT2D eigenvalue weighted by Crippen LogP contribution is -2.16. The Morgan fingerprint density at radius 3 is 2.62 bits per heavy atom. The van der Waals surface area contributed by atoms with E-state index in [1.807, 2.05) is 14.0 Å². The first-order valence-corrected chi connectivity index (χ1v) is 8.98. The van der Waals surface area contributed by atoms with Crippen molar-refractivity contribution < 1.29 is 0 Å². The van der Waals surface area contributed by atoms with E-state index in [0.29, 0.717) is 0 Å². The van der Waals surface area contributed by atoms with Crippen LogP contribution in [0.15, 0.2) is 44.7 Å². The van der Waals surface area contributed by atoms with E-state index in [0.717, 1.165) is 19.5 Å². The maximum absolute atomic E-state index is 4.56. The number of hydrogen-bond donors (Lipinski definition) is 1. The summed E-state index contributed by atoms with van der Waals surface area (Å²) in [4.78, 5) is 5.83. The van der Waals surface area contributed by atoms with Gasteiger partial charge in [0.15, 0.2) is 0 Å². The van der Waals surface area contributed by atoms with E-state index >= 15 is 0 Å². The lowest BCUT2D eigenvalue weighted by molar-refractivity contribution is 0.704. The smallest absolute Gasteiger partial charge is 0.0843 e. The van der Waals surface area contributed by atoms with Crippen molar-refractivity contribution in [1.82, 2.24) is 10.3 Å². The molecular weight excluding hydrogens is 412 g/mol. The van der Waals surface area contributed by atoms with Crippen molar-refractivity contribution in [2.45, 2.75) is 13.0 Å². The Balaban J connectivity index is 2.06. The van der Waals surface area contributed by atoms with Crippen molar-refractivity contribution in [3.05, 3.63) is 60.8 Å². The predicted molar refractivity (Wildman–Crippen MR) is 97.1 cm³/mol. The molecule has 108 valence electrons. The Kier molecular flexibility index (Phi) is 4.45. The second-order valence-corrected chi connectivity index (χ2v) is 8.15. The topological polar surface area (TPSA) is 24.9 Å². The van der Waals surface area contributed by atoms with Crippen LogP contribution in [0.5, 0.6) is 0 Å². The Labute approximate surface area is 144 Å². The number of aromatic nitrogens is 1.